The molecule has 4 aliphatic carbocycles. The zero-order valence-corrected chi connectivity index (χ0v) is 15.7. The number of Topliss-reactive ketones (excluding diaryl/α,β-unsaturated/α-hetero) is 1. The molecule has 1 N–H and O–H groups in total. The standard InChI is InChI=1S/C21H30O4/c1-13-16(22)20-10-6-14-18(2,15(20)7-11-21(13,24)12-20)8-5-9-19(14,3)17(23)25-4/h14-15,24H,1,5-12H2,2-4H3/t14-,15-,18?,19+,20+,21-/m0/s1. The number of hydrogen-bond donors (Lipinski definition) is 1. The summed E-state index contributed by atoms with van der Waals surface area (Å²) in [5.41, 5.74) is -1.53. The number of hydrogen-bond acceptors (Lipinski definition) is 4. The van der Waals surface area contributed by atoms with Gasteiger partial charge in [0.25, 0.3) is 0 Å². The van der Waals surface area contributed by atoms with Gasteiger partial charge >= 0.3 is 5.97 Å². The van der Waals surface area contributed by atoms with Gasteiger partial charge in [-0.15, -0.1) is 0 Å². The lowest BCUT2D eigenvalue weighted by atomic mass is 9.40. The molecule has 4 saturated carbocycles. The molecule has 2 bridgehead atoms. The van der Waals surface area contributed by atoms with Crippen molar-refractivity contribution in [2.75, 3.05) is 7.11 Å². The second-order valence-corrected chi connectivity index (χ2v) is 9.62. The van der Waals surface area contributed by atoms with Gasteiger partial charge in [0.2, 0.25) is 0 Å². The van der Waals surface area contributed by atoms with Gasteiger partial charge in [-0.2, -0.15) is 0 Å². The molecule has 25 heavy (non-hydrogen) atoms. The summed E-state index contributed by atoms with van der Waals surface area (Å²) in [4.78, 5) is 25.8. The molecule has 4 fully saturated rings. The fraction of sp³-hybridized carbons (Fsp3) is 0.810. The van der Waals surface area contributed by atoms with E-state index in [4.69, 9.17) is 4.74 Å². The molecule has 138 valence electrons. The largest absolute Gasteiger partial charge is 0.469 e. The van der Waals surface area contributed by atoms with Crippen molar-refractivity contribution >= 4 is 11.8 Å². The van der Waals surface area contributed by atoms with Crippen molar-refractivity contribution in [3.05, 3.63) is 12.2 Å². The van der Waals surface area contributed by atoms with Crippen LogP contribution in [0.2, 0.25) is 0 Å². The monoisotopic (exact) mass is 346 g/mol. The van der Waals surface area contributed by atoms with E-state index in [1.807, 2.05) is 0 Å². The summed E-state index contributed by atoms with van der Waals surface area (Å²) in [5, 5.41) is 10.9. The third-order valence-corrected chi connectivity index (χ3v) is 8.71. The van der Waals surface area contributed by atoms with Crippen molar-refractivity contribution < 1.29 is 19.4 Å². The smallest absolute Gasteiger partial charge is 0.311 e. The van der Waals surface area contributed by atoms with Crippen LogP contribution in [0.1, 0.15) is 65.2 Å². The molecular formula is C21H30O4. The second kappa shape index (κ2) is 4.97. The Labute approximate surface area is 150 Å². The van der Waals surface area contributed by atoms with Crippen LogP contribution in [0, 0.1) is 28.1 Å². The highest BCUT2D eigenvalue weighted by molar-refractivity contribution is 6.04. The van der Waals surface area contributed by atoms with E-state index in [1.54, 1.807) is 0 Å². The van der Waals surface area contributed by atoms with E-state index in [0.29, 0.717) is 18.4 Å². The summed E-state index contributed by atoms with van der Waals surface area (Å²) in [6.07, 6.45) is 6.55. The van der Waals surface area contributed by atoms with Crippen LogP contribution in [0.15, 0.2) is 12.2 Å². The molecule has 0 heterocycles. The third kappa shape index (κ3) is 1.87. The van der Waals surface area contributed by atoms with Gasteiger partial charge in [0, 0.05) is 11.0 Å². The molecule has 0 amide bonds. The highest BCUT2D eigenvalue weighted by Gasteiger charge is 2.71. The predicted molar refractivity (Wildman–Crippen MR) is 93.7 cm³/mol. The first-order chi connectivity index (χ1) is 11.6. The van der Waals surface area contributed by atoms with E-state index in [1.165, 1.54) is 7.11 Å². The molecule has 0 radical (unpaired) electrons. The quantitative estimate of drug-likeness (QED) is 0.584. The Balaban J connectivity index is 1.78. The SMILES string of the molecule is C=C1C(=O)[C@@]23CC[C@H]4C(C)(CCC[C@@]4(C)C(=O)OC)[C@@H]2CC[C@]1(O)C3. The average molecular weight is 346 g/mol. The minimum Gasteiger partial charge on any atom is -0.469 e. The molecule has 4 rings (SSSR count). The van der Waals surface area contributed by atoms with Crippen molar-refractivity contribution in [1.29, 1.82) is 0 Å². The summed E-state index contributed by atoms with van der Waals surface area (Å²) >= 11 is 0. The van der Waals surface area contributed by atoms with Crippen LogP contribution >= 0.6 is 0 Å². The van der Waals surface area contributed by atoms with Gasteiger partial charge in [-0.25, -0.2) is 0 Å². The Morgan fingerprint density at radius 1 is 1.16 bits per heavy atom. The van der Waals surface area contributed by atoms with Gasteiger partial charge < -0.3 is 9.84 Å². The number of methoxy groups -OCH3 is 1. The van der Waals surface area contributed by atoms with Crippen LogP contribution in [0.3, 0.4) is 0 Å². The zero-order valence-electron chi connectivity index (χ0n) is 15.7. The molecule has 6 atom stereocenters. The van der Waals surface area contributed by atoms with Gasteiger partial charge in [-0.1, -0.05) is 19.9 Å². The van der Waals surface area contributed by atoms with Crippen molar-refractivity contribution in [2.45, 2.75) is 70.8 Å². The number of carbonyl (C=O) groups is 2. The fourth-order valence-electron chi connectivity index (χ4n) is 7.60. The maximum absolute atomic E-state index is 13.2. The summed E-state index contributed by atoms with van der Waals surface area (Å²) in [5.74, 6) is 0.469. The maximum Gasteiger partial charge on any atom is 0.311 e. The Morgan fingerprint density at radius 2 is 1.84 bits per heavy atom. The molecule has 1 spiro atoms. The number of esters is 1. The average Bonchev–Trinajstić information content (AvgIpc) is 2.71. The van der Waals surface area contributed by atoms with Crippen LogP contribution in [0.4, 0.5) is 0 Å². The lowest BCUT2D eigenvalue weighted by Gasteiger charge is -2.63. The molecule has 0 aliphatic heterocycles. The first-order valence-electron chi connectivity index (χ1n) is 9.69. The molecular weight excluding hydrogens is 316 g/mol. The van der Waals surface area contributed by atoms with Gasteiger partial charge in [-0.05, 0) is 69.1 Å². The molecule has 4 heteroatoms. The molecule has 0 aromatic carbocycles. The Morgan fingerprint density at radius 3 is 2.52 bits per heavy atom. The molecule has 0 saturated heterocycles. The molecule has 4 aliphatic rings. The van der Waals surface area contributed by atoms with Crippen LogP contribution in [0.25, 0.3) is 0 Å². The molecule has 0 aromatic heterocycles. The third-order valence-electron chi connectivity index (χ3n) is 8.71. The Bertz CT molecular complexity index is 669. The normalized spacial score (nSPS) is 51.7. The number of fused-ring (bicyclic) bond motifs is 3. The predicted octanol–water partition coefficient (Wildman–Crippen LogP) is 3.42. The lowest BCUT2D eigenvalue weighted by Crippen LogP contribution is -2.60. The zero-order chi connectivity index (χ0) is 18.3. The summed E-state index contributed by atoms with van der Waals surface area (Å²) in [6, 6.07) is 0. The Kier molecular flexibility index (Phi) is 3.43. The summed E-state index contributed by atoms with van der Waals surface area (Å²) in [6.45, 7) is 8.32. The van der Waals surface area contributed by atoms with Crippen LogP contribution in [-0.2, 0) is 14.3 Å². The topological polar surface area (TPSA) is 63.6 Å². The second-order valence-electron chi connectivity index (χ2n) is 9.62. The summed E-state index contributed by atoms with van der Waals surface area (Å²) in [7, 11) is 1.48. The van der Waals surface area contributed by atoms with Crippen molar-refractivity contribution in [3.63, 3.8) is 0 Å². The first-order valence-corrected chi connectivity index (χ1v) is 9.69. The van der Waals surface area contributed by atoms with E-state index in [2.05, 4.69) is 20.4 Å². The number of carbonyl (C=O) groups excluding carboxylic acids is 2. The number of ketones is 1. The minimum absolute atomic E-state index is 0.0545. The summed E-state index contributed by atoms with van der Waals surface area (Å²) < 4.78 is 5.18. The van der Waals surface area contributed by atoms with E-state index < -0.39 is 16.4 Å². The minimum atomic E-state index is -0.989. The maximum atomic E-state index is 13.2. The first kappa shape index (κ1) is 17.3. The molecule has 4 nitrogen and oxygen atoms in total. The lowest BCUT2D eigenvalue weighted by molar-refractivity contribution is -0.189. The van der Waals surface area contributed by atoms with Crippen LogP contribution < -0.4 is 0 Å². The molecule has 0 aromatic rings. The van der Waals surface area contributed by atoms with Crippen LogP contribution in [0.5, 0.6) is 0 Å². The van der Waals surface area contributed by atoms with Gasteiger partial charge in [0.15, 0.2) is 5.78 Å². The van der Waals surface area contributed by atoms with E-state index >= 15 is 0 Å². The molecule has 1 unspecified atom stereocenters. The van der Waals surface area contributed by atoms with Crippen molar-refractivity contribution in [3.8, 4) is 0 Å². The van der Waals surface area contributed by atoms with Crippen molar-refractivity contribution in [2.24, 2.45) is 28.1 Å². The van der Waals surface area contributed by atoms with Gasteiger partial charge in [0.05, 0.1) is 18.1 Å². The van der Waals surface area contributed by atoms with E-state index in [0.717, 1.165) is 38.5 Å². The highest BCUT2D eigenvalue weighted by atomic mass is 16.5. The number of rotatable bonds is 1. The highest BCUT2D eigenvalue weighted by Crippen LogP contribution is 2.71. The van der Waals surface area contributed by atoms with E-state index in [9.17, 15) is 14.7 Å². The van der Waals surface area contributed by atoms with Crippen LogP contribution in [-0.4, -0.2) is 29.6 Å². The number of aliphatic hydroxyl groups is 1. The Hall–Kier alpha value is -1.16. The van der Waals surface area contributed by atoms with Crippen molar-refractivity contribution in [1.82, 2.24) is 0 Å². The number of ether oxygens (including phenoxy) is 1. The van der Waals surface area contributed by atoms with Gasteiger partial charge in [-0.3, -0.25) is 9.59 Å². The van der Waals surface area contributed by atoms with E-state index in [-0.39, 0.29) is 29.0 Å². The van der Waals surface area contributed by atoms with Gasteiger partial charge in [0.1, 0.15) is 0 Å². The fourth-order valence-corrected chi connectivity index (χ4v) is 7.60.